The zero-order valence-corrected chi connectivity index (χ0v) is 8.82. The number of amidine groups is 1. The molecular weight excluding hydrogens is 168 g/mol. The molecule has 1 saturated heterocycles. The first kappa shape index (κ1) is 8.42. The Morgan fingerprint density at radius 3 is 3.00 bits per heavy atom. The quantitative estimate of drug-likeness (QED) is 0.572. The average molecular weight is 184 g/mol. The van der Waals surface area contributed by atoms with Crippen LogP contribution in [0.3, 0.4) is 0 Å². The Morgan fingerprint density at radius 1 is 1.67 bits per heavy atom. The van der Waals surface area contributed by atoms with Gasteiger partial charge in [0.25, 0.3) is 0 Å². The standard InChI is InChI=1S/C9H16N2S/c1-9-6-4-5-7(9)12-8(10-2)11(9)3/h7H,4-6H2,1-3H3. The van der Waals surface area contributed by atoms with E-state index >= 15 is 0 Å². The maximum absolute atomic E-state index is 4.30. The van der Waals surface area contributed by atoms with Gasteiger partial charge in [0.15, 0.2) is 5.17 Å². The minimum absolute atomic E-state index is 0.402. The predicted molar refractivity (Wildman–Crippen MR) is 54.8 cm³/mol. The van der Waals surface area contributed by atoms with Gasteiger partial charge in [-0.25, -0.2) is 0 Å². The third-order valence-corrected chi connectivity index (χ3v) is 5.03. The van der Waals surface area contributed by atoms with E-state index in [1.807, 2.05) is 18.8 Å². The summed E-state index contributed by atoms with van der Waals surface area (Å²) in [6.07, 6.45) is 4.08. The molecule has 0 aromatic carbocycles. The van der Waals surface area contributed by atoms with Gasteiger partial charge in [-0.1, -0.05) is 11.8 Å². The Bertz CT molecular complexity index is 227. The van der Waals surface area contributed by atoms with Crippen molar-refractivity contribution in [3.63, 3.8) is 0 Å². The van der Waals surface area contributed by atoms with E-state index in [9.17, 15) is 0 Å². The monoisotopic (exact) mass is 184 g/mol. The molecule has 0 aromatic heterocycles. The van der Waals surface area contributed by atoms with Crippen LogP contribution in [0.5, 0.6) is 0 Å². The van der Waals surface area contributed by atoms with Crippen molar-refractivity contribution < 1.29 is 0 Å². The lowest BCUT2D eigenvalue weighted by Gasteiger charge is -2.31. The van der Waals surface area contributed by atoms with Crippen LogP contribution in [0.15, 0.2) is 4.99 Å². The fourth-order valence-corrected chi connectivity index (χ4v) is 3.86. The second-order valence-electron chi connectivity index (χ2n) is 3.92. The van der Waals surface area contributed by atoms with Gasteiger partial charge in [0.2, 0.25) is 0 Å². The topological polar surface area (TPSA) is 15.6 Å². The number of hydrogen-bond donors (Lipinski definition) is 0. The van der Waals surface area contributed by atoms with Gasteiger partial charge in [0, 0.05) is 19.3 Å². The van der Waals surface area contributed by atoms with Crippen molar-refractivity contribution >= 4 is 16.9 Å². The third kappa shape index (κ3) is 0.920. The molecule has 0 amide bonds. The third-order valence-electron chi connectivity index (χ3n) is 3.33. The van der Waals surface area contributed by atoms with Gasteiger partial charge in [-0.2, -0.15) is 0 Å². The van der Waals surface area contributed by atoms with Gasteiger partial charge in [-0.05, 0) is 26.2 Å². The normalized spacial score (nSPS) is 44.1. The lowest BCUT2D eigenvalue weighted by Crippen LogP contribution is -2.43. The maximum Gasteiger partial charge on any atom is 0.159 e. The zero-order valence-electron chi connectivity index (χ0n) is 8.00. The number of thioether (sulfide) groups is 1. The fourth-order valence-electron chi connectivity index (χ4n) is 2.31. The first-order valence-corrected chi connectivity index (χ1v) is 5.44. The lowest BCUT2D eigenvalue weighted by atomic mass is 9.99. The van der Waals surface area contributed by atoms with Crippen LogP contribution >= 0.6 is 11.8 Å². The molecule has 0 spiro atoms. The summed E-state index contributed by atoms with van der Waals surface area (Å²) in [5, 5.41) is 2.02. The number of rotatable bonds is 0. The van der Waals surface area contributed by atoms with Gasteiger partial charge in [-0.3, -0.25) is 4.99 Å². The highest BCUT2D eigenvalue weighted by molar-refractivity contribution is 8.14. The molecule has 2 atom stereocenters. The number of hydrogen-bond acceptors (Lipinski definition) is 2. The molecule has 1 heterocycles. The van der Waals surface area contributed by atoms with Crippen LogP contribution < -0.4 is 0 Å². The van der Waals surface area contributed by atoms with Crippen LogP contribution in [0.1, 0.15) is 26.2 Å². The summed E-state index contributed by atoms with van der Waals surface area (Å²) < 4.78 is 0. The molecule has 2 nitrogen and oxygen atoms in total. The molecule has 2 fully saturated rings. The second-order valence-corrected chi connectivity index (χ2v) is 5.09. The van der Waals surface area contributed by atoms with Crippen molar-refractivity contribution in [2.45, 2.75) is 37.0 Å². The lowest BCUT2D eigenvalue weighted by molar-refractivity contribution is 0.258. The second kappa shape index (κ2) is 2.66. The van der Waals surface area contributed by atoms with Gasteiger partial charge >= 0.3 is 0 Å². The number of nitrogens with zero attached hydrogens (tertiary/aromatic N) is 2. The molecule has 0 aromatic rings. The highest BCUT2D eigenvalue weighted by atomic mass is 32.2. The van der Waals surface area contributed by atoms with Gasteiger partial charge in [-0.15, -0.1) is 0 Å². The molecule has 2 aliphatic rings. The summed E-state index contributed by atoms with van der Waals surface area (Å²) in [5.41, 5.74) is 0.402. The SMILES string of the molecule is CN=C1SC2CCCC2(C)N1C. The van der Waals surface area contributed by atoms with E-state index in [0.717, 1.165) is 5.25 Å². The Labute approximate surface area is 78.4 Å². The first-order chi connectivity index (χ1) is 5.68. The van der Waals surface area contributed by atoms with Crippen molar-refractivity contribution in [3.8, 4) is 0 Å². The minimum atomic E-state index is 0.402. The highest BCUT2D eigenvalue weighted by Gasteiger charge is 2.49. The summed E-state index contributed by atoms with van der Waals surface area (Å²) in [6.45, 7) is 2.37. The van der Waals surface area contributed by atoms with E-state index in [4.69, 9.17) is 0 Å². The van der Waals surface area contributed by atoms with E-state index in [1.54, 1.807) is 0 Å². The molecule has 0 bridgehead atoms. The Kier molecular flexibility index (Phi) is 1.86. The number of aliphatic imine (C=N–C) groups is 1. The summed E-state index contributed by atoms with van der Waals surface area (Å²) in [4.78, 5) is 6.67. The van der Waals surface area contributed by atoms with Crippen LogP contribution in [0.4, 0.5) is 0 Å². The van der Waals surface area contributed by atoms with Gasteiger partial charge < -0.3 is 4.90 Å². The van der Waals surface area contributed by atoms with Crippen LogP contribution in [0.2, 0.25) is 0 Å². The summed E-state index contributed by atoms with van der Waals surface area (Å²) in [6, 6.07) is 0. The first-order valence-electron chi connectivity index (χ1n) is 4.56. The Hall–Kier alpha value is -0.180. The van der Waals surface area contributed by atoms with E-state index in [-0.39, 0.29) is 0 Å². The number of fused-ring (bicyclic) bond motifs is 1. The fraction of sp³-hybridized carbons (Fsp3) is 0.889. The van der Waals surface area contributed by atoms with Crippen LogP contribution in [0, 0.1) is 0 Å². The molecule has 2 rings (SSSR count). The average Bonchev–Trinajstić information content (AvgIpc) is 2.51. The van der Waals surface area contributed by atoms with Crippen molar-refractivity contribution in [1.29, 1.82) is 0 Å². The van der Waals surface area contributed by atoms with Crippen LogP contribution in [-0.2, 0) is 0 Å². The van der Waals surface area contributed by atoms with Crippen LogP contribution in [-0.4, -0.2) is 35.0 Å². The summed E-state index contributed by atoms with van der Waals surface area (Å²) in [7, 11) is 4.07. The molecule has 0 radical (unpaired) electrons. The van der Waals surface area contributed by atoms with E-state index in [0.29, 0.717) is 5.54 Å². The molecule has 0 N–H and O–H groups in total. The molecule has 1 aliphatic carbocycles. The van der Waals surface area contributed by atoms with Crippen molar-refractivity contribution in [2.24, 2.45) is 4.99 Å². The van der Waals surface area contributed by atoms with E-state index < -0.39 is 0 Å². The molecule has 1 aliphatic heterocycles. The molecular formula is C9H16N2S. The summed E-state index contributed by atoms with van der Waals surface area (Å²) in [5.74, 6) is 0. The molecule has 12 heavy (non-hydrogen) atoms. The zero-order chi connectivity index (χ0) is 8.77. The van der Waals surface area contributed by atoms with Crippen LogP contribution in [0.25, 0.3) is 0 Å². The van der Waals surface area contributed by atoms with Crippen molar-refractivity contribution in [2.75, 3.05) is 14.1 Å². The predicted octanol–water partition coefficient (Wildman–Crippen LogP) is 1.96. The Balaban J connectivity index is 2.29. The maximum atomic E-state index is 4.30. The van der Waals surface area contributed by atoms with Crippen molar-refractivity contribution in [3.05, 3.63) is 0 Å². The Morgan fingerprint density at radius 2 is 2.42 bits per heavy atom. The molecule has 3 heteroatoms. The van der Waals surface area contributed by atoms with Gasteiger partial charge in [0.05, 0.1) is 5.54 Å². The van der Waals surface area contributed by atoms with Gasteiger partial charge in [0.1, 0.15) is 0 Å². The highest BCUT2D eigenvalue weighted by Crippen LogP contribution is 2.48. The van der Waals surface area contributed by atoms with E-state index in [1.165, 1.54) is 24.4 Å². The van der Waals surface area contributed by atoms with E-state index in [2.05, 4.69) is 23.9 Å². The summed E-state index contributed by atoms with van der Waals surface area (Å²) >= 11 is 1.96. The van der Waals surface area contributed by atoms with Crippen molar-refractivity contribution in [1.82, 2.24) is 4.90 Å². The molecule has 2 unspecified atom stereocenters. The minimum Gasteiger partial charge on any atom is -0.348 e. The smallest absolute Gasteiger partial charge is 0.159 e. The molecule has 1 saturated carbocycles. The molecule has 68 valence electrons. The largest absolute Gasteiger partial charge is 0.348 e.